The molecule has 15 heavy (non-hydrogen) atoms. The topological polar surface area (TPSA) is 38.1 Å². The van der Waals surface area contributed by atoms with Crippen molar-refractivity contribution in [1.29, 1.82) is 0 Å². The molecule has 1 fully saturated rings. The Morgan fingerprint density at radius 2 is 2.47 bits per heavy atom. The first-order valence-corrected chi connectivity index (χ1v) is 5.45. The first kappa shape index (κ1) is 10.2. The highest BCUT2D eigenvalue weighted by Gasteiger charge is 2.23. The zero-order valence-electron chi connectivity index (χ0n) is 9.09. The summed E-state index contributed by atoms with van der Waals surface area (Å²) in [6.45, 7) is 4.53. The lowest BCUT2D eigenvalue weighted by Gasteiger charge is -2.16. The Morgan fingerprint density at radius 3 is 3.00 bits per heavy atom. The SMILES string of the molecule is Cc1cn(CCN(C=O)CC2CC2)cn1. The smallest absolute Gasteiger partial charge is 0.209 e. The zero-order chi connectivity index (χ0) is 10.7. The maximum absolute atomic E-state index is 10.8. The number of aryl methyl sites for hydroxylation is 1. The van der Waals surface area contributed by atoms with E-state index in [2.05, 4.69) is 4.98 Å². The van der Waals surface area contributed by atoms with E-state index in [1.54, 1.807) is 0 Å². The van der Waals surface area contributed by atoms with E-state index in [1.165, 1.54) is 12.8 Å². The van der Waals surface area contributed by atoms with Crippen molar-refractivity contribution >= 4 is 6.41 Å². The van der Waals surface area contributed by atoms with Crippen molar-refractivity contribution in [2.24, 2.45) is 5.92 Å². The van der Waals surface area contributed by atoms with Crippen LogP contribution in [0.4, 0.5) is 0 Å². The molecular weight excluding hydrogens is 190 g/mol. The number of amides is 1. The number of imidazole rings is 1. The molecule has 0 unspecified atom stereocenters. The minimum atomic E-state index is 0.764. The van der Waals surface area contributed by atoms with Gasteiger partial charge in [-0.2, -0.15) is 0 Å². The summed E-state index contributed by atoms with van der Waals surface area (Å²) in [6, 6.07) is 0. The Kier molecular flexibility index (Phi) is 3.04. The first-order valence-electron chi connectivity index (χ1n) is 5.45. The van der Waals surface area contributed by atoms with E-state index < -0.39 is 0 Å². The van der Waals surface area contributed by atoms with E-state index in [1.807, 2.05) is 28.9 Å². The van der Waals surface area contributed by atoms with Crippen molar-refractivity contribution in [3.05, 3.63) is 18.2 Å². The summed E-state index contributed by atoms with van der Waals surface area (Å²) >= 11 is 0. The average Bonchev–Trinajstić information content (AvgIpc) is 2.95. The molecular formula is C11H17N3O. The molecule has 0 spiro atoms. The van der Waals surface area contributed by atoms with Crippen molar-refractivity contribution < 1.29 is 4.79 Å². The third-order valence-electron chi connectivity index (χ3n) is 2.75. The van der Waals surface area contributed by atoms with Crippen LogP contribution in [0, 0.1) is 12.8 Å². The quantitative estimate of drug-likeness (QED) is 0.654. The van der Waals surface area contributed by atoms with Gasteiger partial charge >= 0.3 is 0 Å². The van der Waals surface area contributed by atoms with Gasteiger partial charge in [-0.15, -0.1) is 0 Å². The molecule has 1 aliphatic rings. The van der Waals surface area contributed by atoms with Crippen LogP contribution >= 0.6 is 0 Å². The molecule has 4 heteroatoms. The van der Waals surface area contributed by atoms with Crippen LogP contribution in [0.5, 0.6) is 0 Å². The van der Waals surface area contributed by atoms with Crippen molar-refractivity contribution in [3.63, 3.8) is 0 Å². The standard InChI is InChI=1S/C11H17N3O/c1-10-6-13(8-12-10)4-5-14(9-15)7-11-2-3-11/h6,8-9,11H,2-5,7H2,1H3. The molecule has 1 aliphatic carbocycles. The number of rotatable bonds is 6. The highest BCUT2D eigenvalue weighted by atomic mass is 16.1. The van der Waals surface area contributed by atoms with Crippen LogP contribution in [0.25, 0.3) is 0 Å². The summed E-state index contributed by atoms with van der Waals surface area (Å²) in [7, 11) is 0. The van der Waals surface area contributed by atoms with E-state index in [-0.39, 0.29) is 0 Å². The lowest BCUT2D eigenvalue weighted by Crippen LogP contribution is -2.28. The van der Waals surface area contributed by atoms with Crippen molar-refractivity contribution in [3.8, 4) is 0 Å². The molecule has 1 heterocycles. The Bertz CT molecular complexity index is 330. The van der Waals surface area contributed by atoms with Crippen LogP contribution in [-0.4, -0.2) is 34.0 Å². The fraction of sp³-hybridized carbons (Fsp3) is 0.636. The highest BCUT2D eigenvalue weighted by molar-refractivity contribution is 5.46. The van der Waals surface area contributed by atoms with Crippen LogP contribution in [0.15, 0.2) is 12.5 Å². The van der Waals surface area contributed by atoms with Gasteiger partial charge in [0, 0.05) is 25.8 Å². The average molecular weight is 207 g/mol. The van der Waals surface area contributed by atoms with Gasteiger partial charge < -0.3 is 9.47 Å². The molecule has 0 N–H and O–H groups in total. The van der Waals surface area contributed by atoms with E-state index >= 15 is 0 Å². The normalized spacial score (nSPS) is 15.3. The van der Waals surface area contributed by atoms with Gasteiger partial charge in [-0.25, -0.2) is 4.98 Å². The number of carbonyl (C=O) groups is 1. The monoisotopic (exact) mass is 207 g/mol. The summed E-state index contributed by atoms with van der Waals surface area (Å²) in [5.41, 5.74) is 1.02. The van der Waals surface area contributed by atoms with Gasteiger partial charge in [0.25, 0.3) is 0 Å². The molecule has 0 bridgehead atoms. The van der Waals surface area contributed by atoms with Gasteiger partial charge in [-0.1, -0.05) is 0 Å². The van der Waals surface area contributed by atoms with Gasteiger partial charge in [0.05, 0.1) is 12.0 Å². The van der Waals surface area contributed by atoms with Crippen LogP contribution < -0.4 is 0 Å². The highest BCUT2D eigenvalue weighted by Crippen LogP contribution is 2.29. The molecule has 82 valence electrons. The van der Waals surface area contributed by atoms with Crippen LogP contribution in [0.3, 0.4) is 0 Å². The molecule has 1 amide bonds. The summed E-state index contributed by atoms with van der Waals surface area (Å²) in [6.07, 6.45) is 7.35. The van der Waals surface area contributed by atoms with Crippen molar-refractivity contribution in [2.75, 3.05) is 13.1 Å². The largest absolute Gasteiger partial charge is 0.343 e. The lowest BCUT2D eigenvalue weighted by molar-refractivity contribution is -0.118. The fourth-order valence-electron chi connectivity index (χ4n) is 1.66. The second-order valence-electron chi connectivity index (χ2n) is 4.30. The second kappa shape index (κ2) is 4.47. The van der Waals surface area contributed by atoms with Gasteiger partial charge in [0.2, 0.25) is 6.41 Å². The third-order valence-corrected chi connectivity index (χ3v) is 2.75. The van der Waals surface area contributed by atoms with Crippen molar-refractivity contribution in [2.45, 2.75) is 26.3 Å². The molecule has 0 aliphatic heterocycles. The molecule has 1 saturated carbocycles. The molecule has 2 rings (SSSR count). The first-order chi connectivity index (χ1) is 7.28. The van der Waals surface area contributed by atoms with Crippen molar-refractivity contribution in [1.82, 2.24) is 14.5 Å². The van der Waals surface area contributed by atoms with Gasteiger partial charge in [0.15, 0.2) is 0 Å². The van der Waals surface area contributed by atoms with E-state index in [9.17, 15) is 4.79 Å². The molecule has 0 atom stereocenters. The Labute approximate surface area is 89.9 Å². The Morgan fingerprint density at radius 1 is 1.67 bits per heavy atom. The Balaban J connectivity index is 1.77. The number of hydrogen-bond donors (Lipinski definition) is 0. The van der Waals surface area contributed by atoms with E-state index in [0.29, 0.717) is 0 Å². The molecule has 1 aromatic heterocycles. The minimum Gasteiger partial charge on any atom is -0.343 e. The fourth-order valence-corrected chi connectivity index (χ4v) is 1.66. The second-order valence-corrected chi connectivity index (χ2v) is 4.30. The zero-order valence-corrected chi connectivity index (χ0v) is 9.09. The van der Waals surface area contributed by atoms with Crippen LogP contribution in [0.2, 0.25) is 0 Å². The molecule has 0 saturated heterocycles. The summed E-state index contributed by atoms with van der Waals surface area (Å²) in [5.74, 6) is 0.764. The molecule has 0 radical (unpaired) electrons. The number of hydrogen-bond acceptors (Lipinski definition) is 2. The number of aromatic nitrogens is 2. The summed E-state index contributed by atoms with van der Waals surface area (Å²) in [4.78, 5) is 16.8. The molecule has 4 nitrogen and oxygen atoms in total. The molecule has 0 aromatic carbocycles. The number of carbonyl (C=O) groups excluding carboxylic acids is 1. The summed E-state index contributed by atoms with van der Waals surface area (Å²) < 4.78 is 2.03. The maximum Gasteiger partial charge on any atom is 0.209 e. The lowest BCUT2D eigenvalue weighted by atomic mass is 10.4. The Hall–Kier alpha value is -1.32. The molecule has 1 aromatic rings. The predicted molar refractivity (Wildman–Crippen MR) is 57.3 cm³/mol. The third kappa shape index (κ3) is 3.08. The minimum absolute atomic E-state index is 0.764. The van der Waals surface area contributed by atoms with Gasteiger partial charge in [0.1, 0.15) is 0 Å². The van der Waals surface area contributed by atoms with Crippen LogP contribution in [0.1, 0.15) is 18.5 Å². The summed E-state index contributed by atoms with van der Waals surface area (Å²) in [5, 5.41) is 0. The number of nitrogens with zero attached hydrogens (tertiary/aromatic N) is 3. The van der Waals surface area contributed by atoms with Gasteiger partial charge in [-0.05, 0) is 25.7 Å². The predicted octanol–water partition coefficient (Wildman–Crippen LogP) is 1.06. The maximum atomic E-state index is 10.8. The van der Waals surface area contributed by atoms with E-state index in [4.69, 9.17) is 0 Å². The van der Waals surface area contributed by atoms with E-state index in [0.717, 1.165) is 37.7 Å². The van der Waals surface area contributed by atoms with Crippen LogP contribution in [-0.2, 0) is 11.3 Å². The van der Waals surface area contributed by atoms with Gasteiger partial charge in [-0.3, -0.25) is 4.79 Å².